The third-order valence-corrected chi connectivity index (χ3v) is 3.24. The van der Waals surface area contributed by atoms with E-state index in [1.165, 1.54) is 11.1 Å². The third-order valence-electron chi connectivity index (χ3n) is 3.24. The molecule has 0 saturated carbocycles. The third kappa shape index (κ3) is 1.45. The van der Waals surface area contributed by atoms with Gasteiger partial charge < -0.3 is 10.8 Å². The van der Waals surface area contributed by atoms with Gasteiger partial charge in [-0.05, 0) is 17.5 Å². The first-order valence-electron chi connectivity index (χ1n) is 5.20. The summed E-state index contributed by atoms with van der Waals surface area (Å²) in [5, 5.41) is 10.4. The van der Waals surface area contributed by atoms with Gasteiger partial charge in [-0.15, -0.1) is 0 Å². The van der Waals surface area contributed by atoms with Gasteiger partial charge in [0.1, 0.15) is 0 Å². The lowest BCUT2D eigenvalue weighted by molar-refractivity contribution is 0.0232. The molecule has 1 aromatic carbocycles. The predicted molar refractivity (Wildman–Crippen MR) is 57.1 cm³/mol. The maximum Gasteiger partial charge on any atom is 0.0878 e. The summed E-state index contributed by atoms with van der Waals surface area (Å²) in [6.07, 6.45) is 2.24. The van der Waals surface area contributed by atoms with Crippen LogP contribution in [0.15, 0.2) is 24.3 Å². The Labute approximate surface area is 84.7 Å². The average molecular weight is 191 g/mol. The number of aliphatic hydroxyl groups is 1. The smallest absolute Gasteiger partial charge is 0.0878 e. The van der Waals surface area contributed by atoms with Crippen LogP contribution in [-0.4, -0.2) is 16.7 Å². The van der Waals surface area contributed by atoms with Gasteiger partial charge in [-0.1, -0.05) is 31.2 Å². The van der Waals surface area contributed by atoms with Gasteiger partial charge >= 0.3 is 0 Å². The van der Waals surface area contributed by atoms with Crippen LogP contribution in [0.3, 0.4) is 0 Å². The van der Waals surface area contributed by atoms with Crippen LogP contribution in [0, 0.1) is 0 Å². The first kappa shape index (κ1) is 9.69. The van der Waals surface area contributed by atoms with Crippen LogP contribution in [-0.2, 0) is 12.8 Å². The minimum Gasteiger partial charge on any atom is -0.388 e. The zero-order valence-electron chi connectivity index (χ0n) is 8.53. The molecule has 0 spiro atoms. The largest absolute Gasteiger partial charge is 0.388 e. The molecule has 2 nitrogen and oxygen atoms in total. The van der Waals surface area contributed by atoms with Crippen molar-refractivity contribution in [3.8, 4) is 0 Å². The van der Waals surface area contributed by atoms with Crippen LogP contribution in [0.4, 0.5) is 0 Å². The second-order valence-electron chi connectivity index (χ2n) is 4.24. The number of nitrogens with two attached hydrogens (primary N) is 1. The van der Waals surface area contributed by atoms with Crippen molar-refractivity contribution in [2.45, 2.75) is 37.8 Å². The van der Waals surface area contributed by atoms with Crippen molar-refractivity contribution in [2.75, 3.05) is 0 Å². The fourth-order valence-corrected chi connectivity index (χ4v) is 2.27. The molecule has 0 aliphatic heterocycles. The van der Waals surface area contributed by atoms with Crippen LogP contribution in [0.1, 0.15) is 24.5 Å². The first-order chi connectivity index (χ1) is 6.65. The Bertz CT molecular complexity index is 310. The molecule has 0 bridgehead atoms. The van der Waals surface area contributed by atoms with Gasteiger partial charge in [-0.2, -0.15) is 0 Å². The second kappa shape index (κ2) is 3.37. The Balaban J connectivity index is 2.25. The quantitative estimate of drug-likeness (QED) is 0.739. The molecule has 1 atom stereocenters. The normalized spacial score (nSPS) is 20.5. The van der Waals surface area contributed by atoms with Gasteiger partial charge in [-0.3, -0.25) is 0 Å². The van der Waals surface area contributed by atoms with Crippen molar-refractivity contribution in [2.24, 2.45) is 5.73 Å². The zero-order valence-corrected chi connectivity index (χ0v) is 8.53. The minimum absolute atomic E-state index is 0.116. The number of fused-ring (bicyclic) bond motifs is 1. The standard InChI is InChI=1S/C12H17NO/c1-2-11(13)12(14)7-9-5-3-4-6-10(9)8-12/h3-6,11,14H,2,7-8,13H2,1H3/t11-/m0/s1. The summed E-state index contributed by atoms with van der Waals surface area (Å²) in [6.45, 7) is 2.02. The molecule has 1 aliphatic rings. The molecule has 3 N–H and O–H groups in total. The van der Waals surface area contributed by atoms with Crippen LogP contribution < -0.4 is 5.73 Å². The Morgan fingerprint density at radius 1 is 1.36 bits per heavy atom. The molecule has 1 aromatic rings. The summed E-state index contributed by atoms with van der Waals surface area (Å²) in [5.74, 6) is 0. The molecule has 0 saturated heterocycles. The lowest BCUT2D eigenvalue weighted by Crippen LogP contribution is -2.48. The molecule has 14 heavy (non-hydrogen) atoms. The Kier molecular flexibility index (Phi) is 2.33. The Morgan fingerprint density at radius 2 is 1.86 bits per heavy atom. The average Bonchev–Trinajstić information content (AvgIpc) is 2.54. The monoisotopic (exact) mass is 191 g/mol. The molecule has 0 aromatic heterocycles. The lowest BCUT2D eigenvalue weighted by atomic mass is 9.90. The lowest BCUT2D eigenvalue weighted by Gasteiger charge is -2.28. The van der Waals surface area contributed by atoms with E-state index in [0.717, 1.165) is 6.42 Å². The van der Waals surface area contributed by atoms with Crippen molar-refractivity contribution in [3.63, 3.8) is 0 Å². The molecular weight excluding hydrogens is 174 g/mol. The van der Waals surface area contributed by atoms with Crippen molar-refractivity contribution < 1.29 is 5.11 Å². The summed E-state index contributed by atoms with van der Waals surface area (Å²) in [4.78, 5) is 0. The van der Waals surface area contributed by atoms with E-state index in [2.05, 4.69) is 12.1 Å². The van der Waals surface area contributed by atoms with E-state index in [-0.39, 0.29) is 6.04 Å². The van der Waals surface area contributed by atoms with E-state index in [1.807, 2.05) is 19.1 Å². The summed E-state index contributed by atoms with van der Waals surface area (Å²) in [6, 6.07) is 8.07. The summed E-state index contributed by atoms with van der Waals surface area (Å²) >= 11 is 0. The number of hydrogen-bond donors (Lipinski definition) is 2. The van der Waals surface area contributed by atoms with E-state index in [9.17, 15) is 5.11 Å². The van der Waals surface area contributed by atoms with Gasteiger partial charge in [0, 0.05) is 18.9 Å². The Morgan fingerprint density at radius 3 is 2.29 bits per heavy atom. The van der Waals surface area contributed by atoms with Gasteiger partial charge in [0.15, 0.2) is 0 Å². The van der Waals surface area contributed by atoms with E-state index in [4.69, 9.17) is 5.73 Å². The molecule has 2 heteroatoms. The van der Waals surface area contributed by atoms with E-state index < -0.39 is 5.60 Å². The molecule has 1 aliphatic carbocycles. The van der Waals surface area contributed by atoms with Crippen LogP contribution in [0.25, 0.3) is 0 Å². The SMILES string of the molecule is CC[C@H](N)C1(O)Cc2ccccc2C1. The van der Waals surface area contributed by atoms with Crippen molar-refractivity contribution in [1.82, 2.24) is 0 Å². The molecule has 0 fully saturated rings. The van der Waals surface area contributed by atoms with Gasteiger partial charge in [0.05, 0.1) is 5.60 Å². The first-order valence-corrected chi connectivity index (χ1v) is 5.20. The highest BCUT2D eigenvalue weighted by molar-refractivity contribution is 5.36. The molecule has 2 rings (SSSR count). The fraction of sp³-hybridized carbons (Fsp3) is 0.500. The topological polar surface area (TPSA) is 46.2 Å². The van der Waals surface area contributed by atoms with Gasteiger partial charge in [0.2, 0.25) is 0 Å². The van der Waals surface area contributed by atoms with Crippen LogP contribution in [0.5, 0.6) is 0 Å². The molecule has 0 radical (unpaired) electrons. The Hall–Kier alpha value is -0.860. The van der Waals surface area contributed by atoms with Crippen LogP contribution in [0.2, 0.25) is 0 Å². The number of benzene rings is 1. The van der Waals surface area contributed by atoms with Crippen molar-refractivity contribution >= 4 is 0 Å². The van der Waals surface area contributed by atoms with E-state index in [1.54, 1.807) is 0 Å². The maximum atomic E-state index is 10.4. The highest BCUT2D eigenvalue weighted by Crippen LogP contribution is 2.32. The molecule has 0 heterocycles. The molecular formula is C12H17NO. The number of hydrogen-bond acceptors (Lipinski definition) is 2. The summed E-state index contributed by atoms with van der Waals surface area (Å²) in [7, 11) is 0. The van der Waals surface area contributed by atoms with Gasteiger partial charge in [0.25, 0.3) is 0 Å². The van der Waals surface area contributed by atoms with E-state index in [0.29, 0.717) is 12.8 Å². The zero-order chi connectivity index (χ0) is 10.2. The fourth-order valence-electron chi connectivity index (χ4n) is 2.27. The van der Waals surface area contributed by atoms with Crippen LogP contribution >= 0.6 is 0 Å². The predicted octanol–water partition coefficient (Wildman–Crippen LogP) is 1.25. The highest BCUT2D eigenvalue weighted by atomic mass is 16.3. The molecule has 0 amide bonds. The summed E-state index contributed by atoms with van der Waals surface area (Å²) in [5.41, 5.74) is 7.73. The number of rotatable bonds is 2. The van der Waals surface area contributed by atoms with Gasteiger partial charge in [-0.25, -0.2) is 0 Å². The molecule has 76 valence electrons. The highest BCUT2D eigenvalue weighted by Gasteiger charge is 2.39. The van der Waals surface area contributed by atoms with E-state index >= 15 is 0 Å². The minimum atomic E-state index is -0.710. The van der Waals surface area contributed by atoms with Crippen molar-refractivity contribution in [1.29, 1.82) is 0 Å². The van der Waals surface area contributed by atoms with Crippen molar-refractivity contribution in [3.05, 3.63) is 35.4 Å². The molecule has 0 unspecified atom stereocenters. The summed E-state index contributed by atoms with van der Waals surface area (Å²) < 4.78 is 0. The second-order valence-corrected chi connectivity index (χ2v) is 4.24. The maximum absolute atomic E-state index is 10.4.